The second-order valence-electron chi connectivity index (χ2n) is 8.86. The minimum atomic E-state index is -0.225. The van der Waals surface area contributed by atoms with Crippen molar-refractivity contribution in [1.29, 1.82) is 0 Å². The lowest BCUT2D eigenvalue weighted by molar-refractivity contribution is 0.141. The fraction of sp³-hybridized carbons (Fsp3) is 0.500. The van der Waals surface area contributed by atoms with Crippen molar-refractivity contribution >= 4 is 11.4 Å². The molecule has 0 amide bonds. The Morgan fingerprint density at radius 1 is 1.13 bits per heavy atom. The van der Waals surface area contributed by atoms with Crippen LogP contribution in [0.2, 0.25) is 0 Å². The van der Waals surface area contributed by atoms with Crippen LogP contribution in [0.5, 0.6) is 11.5 Å². The quantitative estimate of drug-likeness (QED) is 0.765. The Kier molecular flexibility index (Phi) is 5.19. The minimum Gasteiger partial charge on any atom is -0.494 e. The molecule has 160 valence electrons. The van der Waals surface area contributed by atoms with Gasteiger partial charge in [0.1, 0.15) is 35.3 Å². The molecule has 1 saturated heterocycles. The van der Waals surface area contributed by atoms with Crippen molar-refractivity contribution < 1.29 is 13.9 Å². The SMILES string of the molecule is CC1(CN2CCC(CCOc3ccc(F)cc3)CC2)Nc2cccc3c2N1CCO3. The van der Waals surface area contributed by atoms with Crippen LogP contribution in [0.1, 0.15) is 26.2 Å². The summed E-state index contributed by atoms with van der Waals surface area (Å²) in [5, 5.41) is 3.77. The van der Waals surface area contributed by atoms with Gasteiger partial charge in [0.05, 0.1) is 18.8 Å². The summed E-state index contributed by atoms with van der Waals surface area (Å²) in [5.74, 6) is 2.21. The first-order chi connectivity index (χ1) is 14.6. The van der Waals surface area contributed by atoms with E-state index in [1.807, 2.05) is 0 Å². The zero-order valence-electron chi connectivity index (χ0n) is 17.6. The molecule has 1 N–H and O–H groups in total. The molecule has 2 aromatic rings. The van der Waals surface area contributed by atoms with Gasteiger partial charge in [0, 0.05) is 6.54 Å². The summed E-state index contributed by atoms with van der Waals surface area (Å²) in [5.41, 5.74) is 2.31. The summed E-state index contributed by atoms with van der Waals surface area (Å²) in [7, 11) is 0. The summed E-state index contributed by atoms with van der Waals surface area (Å²) in [6, 6.07) is 12.6. The third-order valence-electron chi connectivity index (χ3n) is 6.69. The zero-order valence-corrected chi connectivity index (χ0v) is 17.6. The van der Waals surface area contributed by atoms with E-state index in [4.69, 9.17) is 9.47 Å². The van der Waals surface area contributed by atoms with E-state index >= 15 is 0 Å². The first-order valence-corrected chi connectivity index (χ1v) is 11.0. The first-order valence-electron chi connectivity index (χ1n) is 11.0. The van der Waals surface area contributed by atoms with Crippen LogP contribution < -0.4 is 19.7 Å². The van der Waals surface area contributed by atoms with E-state index in [-0.39, 0.29) is 11.5 Å². The van der Waals surface area contributed by atoms with Crippen LogP contribution in [-0.2, 0) is 0 Å². The van der Waals surface area contributed by atoms with E-state index in [0.717, 1.165) is 50.7 Å². The van der Waals surface area contributed by atoms with Crippen molar-refractivity contribution in [2.75, 3.05) is 49.6 Å². The number of benzene rings is 2. The number of hydrogen-bond acceptors (Lipinski definition) is 5. The molecular weight excluding hydrogens is 381 g/mol. The fourth-order valence-electron chi connectivity index (χ4n) is 5.10. The Morgan fingerprint density at radius 3 is 2.73 bits per heavy atom. The summed E-state index contributed by atoms with van der Waals surface area (Å²) < 4.78 is 24.6. The summed E-state index contributed by atoms with van der Waals surface area (Å²) in [4.78, 5) is 5.08. The van der Waals surface area contributed by atoms with Crippen molar-refractivity contribution in [3.05, 3.63) is 48.3 Å². The predicted octanol–water partition coefficient (Wildman–Crippen LogP) is 4.35. The number of ether oxygens (including phenoxy) is 2. The molecule has 30 heavy (non-hydrogen) atoms. The molecule has 0 radical (unpaired) electrons. The van der Waals surface area contributed by atoms with Crippen molar-refractivity contribution in [1.82, 2.24) is 4.90 Å². The third-order valence-corrected chi connectivity index (χ3v) is 6.69. The van der Waals surface area contributed by atoms with Crippen LogP contribution in [0.3, 0.4) is 0 Å². The van der Waals surface area contributed by atoms with E-state index < -0.39 is 0 Å². The van der Waals surface area contributed by atoms with Crippen molar-refractivity contribution in [3.63, 3.8) is 0 Å². The maximum atomic E-state index is 13.0. The van der Waals surface area contributed by atoms with Gasteiger partial charge in [-0.3, -0.25) is 4.90 Å². The van der Waals surface area contributed by atoms with E-state index in [1.54, 1.807) is 12.1 Å². The highest BCUT2D eigenvalue weighted by molar-refractivity contribution is 5.84. The van der Waals surface area contributed by atoms with Gasteiger partial charge in [-0.25, -0.2) is 4.39 Å². The number of likely N-dealkylation sites (tertiary alicyclic amines) is 1. The van der Waals surface area contributed by atoms with Gasteiger partial charge in [0.2, 0.25) is 0 Å². The second-order valence-corrected chi connectivity index (χ2v) is 8.86. The van der Waals surface area contributed by atoms with Crippen LogP contribution in [0.15, 0.2) is 42.5 Å². The largest absolute Gasteiger partial charge is 0.494 e. The highest BCUT2D eigenvalue weighted by Crippen LogP contribution is 2.47. The van der Waals surface area contributed by atoms with Gasteiger partial charge < -0.3 is 19.7 Å². The maximum Gasteiger partial charge on any atom is 0.144 e. The molecule has 1 unspecified atom stereocenters. The molecule has 0 aliphatic carbocycles. The van der Waals surface area contributed by atoms with E-state index in [1.165, 1.54) is 36.3 Å². The Labute approximate surface area is 177 Å². The lowest BCUT2D eigenvalue weighted by atomic mass is 9.93. The van der Waals surface area contributed by atoms with Crippen molar-refractivity contribution in [3.8, 4) is 11.5 Å². The van der Waals surface area contributed by atoms with E-state index in [2.05, 4.69) is 40.2 Å². The molecule has 3 aliphatic rings. The number of rotatable bonds is 6. The Bertz CT molecular complexity index is 883. The Hall–Kier alpha value is -2.47. The molecule has 0 spiro atoms. The van der Waals surface area contributed by atoms with Crippen LogP contribution in [0, 0.1) is 11.7 Å². The van der Waals surface area contributed by atoms with Crippen LogP contribution in [0.25, 0.3) is 0 Å². The van der Waals surface area contributed by atoms with Gasteiger partial charge in [0.25, 0.3) is 0 Å². The van der Waals surface area contributed by atoms with Gasteiger partial charge in [0.15, 0.2) is 0 Å². The van der Waals surface area contributed by atoms with Gasteiger partial charge in [-0.05, 0) is 81.6 Å². The molecule has 3 heterocycles. The fourth-order valence-corrected chi connectivity index (χ4v) is 5.10. The lowest BCUT2D eigenvalue weighted by Crippen LogP contribution is -2.58. The number of halogens is 1. The number of anilines is 2. The normalized spacial score (nSPS) is 23.6. The minimum absolute atomic E-state index is 0.0965. The molecule has 3 aliphatic heterocycles. The van der Waals surface area contributed by atoms with Crippen LogP contribution >= 0.6 is 0 Å². The molecule has 0 saturated carbocycles. The maximum absolute atomic E-state index is 13.0. The van der Waals surface area contributed by atoms with Gasteiger partial charge >= 0.3 is 0 Å². The average molecular weight is 412 g/mol. The van der Waals surface area contributed by atoms with Gasteiger partial charge in [-0.15, -0.1) is 0 Å². The molecule has 6 heteroatoms. The summed E-state index contributed by atoms with van der Waals surface area (Å²) in [6.07, 6.45) is 3.45. The molecule has 1 fully saturated rings. The van der Waals surface area contributed by atoms with Crippen molar-refractivity contribution in [2.24, 2.45) is 5.92 Å². The van der Waals surface area contributed by atoms with Crippen LogP contribution in [-0.4, -0.2) is 50.0 Å². The topological polar surface area (TPSA) is 37.0 Å². The van der Waals surface area contributed by atoms with E-state index in [0.29, 0.717) is 12.5 Å². The predicted molar refractivity (Wildman–Crippen MR) is 117 cm³/mol. The zero-order chi connectivity index (χ0) is 20.6. The van der Waals surface area contributed by atoms with Gasteiger partial charge in [-0.2, -0.15) is 0 Å². The lowest BCUT2D eigenvalue weighted by Gasteiger charge is -2.43. The molecule has 0 aromatic heterocycles. The summed E-state index contributed by atoms with van der Waals surface area (Å²) in [6.45, 7) is 7.90. The highest BCUT2D eigenvalue weighted by Gasteiger charge is 2.44. The number of piperidine rings is 1. The highest BCUT2D eigenvalue weighted by atomic mass is 19.1. The molecule has 5 rings (SSSR count). The van der Waals surface area contributed by atoms with Crippen molar-refractivity contribution in [2.45, 2.75) is 31.8 Å². The molecule has 0 bridgehead atoms. The summed E-state index contributed by atoms with van der Waals surface area (Å²) >= 11 is 0. The number of nitrogens with zero attached hydrogens (tertiary/aromatic N) is 2. The monoisotopic (exact) mass is 411 g/mol. The Balaban J connectivity index is 1.12. The average Bonchev–Trinajstić information content (AvgIpc) is 3.04. The molecule has 1 atom stereocenters. The molecule has 2 aromatic carbocycles. The van der Waals surface area contributed by atoms with Gasteiger partial charge in [-0.1, -0.05) is 6.07 Å². The van der Waals surface area contributed by atoms with E-state index in [9.17, 15) is 4.39 Å². The molecule has 5 nitrogen and oxygen atoms in total. The number of hydrogen-bond donors (Lipinski definition) is 1. The van der Waals surface area contributed by atoms with Crippen LogP contribution in [0.4, 0.5) is 15.8 Å². The third kappa shape index (κ3) is 3.81. The smallest absolute Gasteiger partial charge is 0.144 e. The molecular formula is C24H30FN3O2. The Morgan fingerprint density at radius 2 is 1.93 bits per heavy atom. The second kappa shape index (κ2) is 7.99. The standard InChI is InChI=1S/C24H30FN3O2/c1-24(26-21-3-2-4-22-23(21)28(24)14-16-30-22)17-27-12-9-18(10-13-27)11-15-29-20-7-5-19(25)6-8-20/h2-8,18,26H,9-17H2,1H3. The number of nitrogens with one attached hydrogen (secondary N) is 1. The number of para-hydroxylation sites is 1. The first kappa shape index (κ1) is 19.5.